The van der Waals surface area contributed by atoms with E-state index in [1.165, 1.54) is 21.9 Å². The first-order valence-corrected chi connectivity index (χ1v) is 5.68. The first-order chi connectivity index (χ1) is 5.27. The van der Waals surface area contributed by atoms with Gasteiger partial charge in [-0.15, -0.1) is 0 Å². The summed E-state index contributed by atoms with van der Waals surface area (Å²) in [4.78, 5) is 4.68. The monoisotopic (exact) mass is 210 g/mol. The second kappa shape index (κ2) is 2.51. The first kappa shape index (κ1) is 7.15. The Morgan fingerprint density at radius 3 is 1.82 bits per heavy atom. The minimum atomic E-state index is 0.614. The van der Waals surface area contributed by atoms with Gasteiger partial charge in [-0.2, -0.15) is 0 Å². The summed E-state index contributed by atoms with van der Waals surface area (Å²) in [6, 6.07) is 4.58. The Bertz CT molecular complexity index is 349. The van der Waals surface area contributed by atoms with Crippen molar-refractivity contribution >= 4 is 25.3 Å². The predicted molar refractivity (Wildman–Crippen MR) is 50.4 cm³/mol. The van der Waals surface area contributed by atoms with Crippen LogP contribution in [0.5, 0.6) is 0 Å². The normalized spacial score (nSPS) is 10.7. The summed E-state index contributed by atoms with van der Waals surface area (Å²) >= 11 is 0.614. The maximum atomic E-state index is 2.34. The molecule has 0 aliphatic heterocycles. The van der Waals surface area contributed by atoms with E-state index < -0.39 is 0 Å². The van der Waals surface area contributed by atoms with Gasteiger partial charge in [-0.3, -0.25) is 0 Å². The molecule has 0 saturated heterocycles. The van der Waals surface area contributed by atoms with Gasteiger partial charge < -0.3 is 0 Å². The molecular weight excluding hydrogens is 199 g/mol. The molecule has 0 aliphatic carbocycles. The molecule has 1 heteroatoms. The molecule has 0 saturated carbocycles. The average molecular weight is 209 g/mol. The summed E-state index contributed by atoms with van der Waals surface area (Å²) in [6.07, 6.45) is 0. The molecule has 0 bridgehead atoms. The summed E-state index contributed by atoms with van der Waals surface area (Å²) in [5.74, 6) is 0. The SMILES string of the molecule is Cc1cc2c[se]cc2cc1C. The van der Waals surface area contributed by atoms with Crippen LogP contribution in [0, 0.1) is 13.8 Å². The Hall–Kier alpha value is -0.521. The first-order valence-electron chi connectivity index (χ1n) is 3.70. The summed E-state index contributed by atoms with van der Waals surface area (Å²) in [7, 11) is 0. The fourth-order valence-electron chi connectivity index (χ4n) is 1.25. The zero-order valence-electron chi connectivity index (χ0n) is 6.72. The summed E-state index contributed by atoms with van der Waals surface area (Å²) in [5.41, 5.74) is 2.82. The molecule has 0 amide bonds. The van der Waals surface area contributed by atoms with Crippen molar-refractivity contribution in [3.63, 3.8) is 0 Å². The molecule has 0 spiro atoms. The molecule has 1 aromatic heterocycles. The van der Waals surface area contributed by atoms with Crippen LogP contribution in [0.3, 0.4) is 0 Å². The van der Waals surface area contributed by atoms with Crippen LogP contribution in [-0.2, 0) is 0 Å². The van der Waals surface area contributed by atoms with E-state index in [9.17, 15) is 0 Å². The second-order valence-electron chi connectivity index (χ2n) is 2.94. The zero-order valence-corrected chi connectivity index (χ0v) is 8.43. The number of benzene rings is 1. The molecule has 0 nitrogen and oxygen atoms in total. The van der Waals surface area contributed by atoms with Crippen molar-refractivity contribution in [2.75, 3.05) is 0 Å². The van der Waals surface area contributed by atoms with E-state index in [-0.39, 0.29) is 0 Å². The Morgan fingerprint density at radius 2 is 1.36 bits per heavy atom. The van der Waals surface area contributed by atoms with E-state index in [2.05, 4.69) is 35.9 Å². The van der Waals surface area contributed by atoms with E-state index in [4.69, 9.17) is 0 Å². The topological polar surface area (TPSA) is 0 Å². The Morgan fingerprint density at radius 1 is 0.909 bits per heavy atom. The van der Waals surface area contributed by atoms with Crippen LogP contribution < -0.4 is 0 Å². The van der Waals surface area contributed by atoms with Crippen molar-refractivity contribution in [3.8, 4) is 0 Å². The molecular formula is C10H10Se. The van der Waals surface area contributed by atoms with Crippen LogP contribution in [0.4, 0.5) is 0 Å². The molecule has 2 aromatic rings. The fraction of sp³-hybridized carbons (Fsp3) is 0.200. The van der Waals surface area contributed by atoms with Crippen molar-refractivity contribution in [2.24, 2.45) is 0 Å². The van der Waals surface area contributed by atoms with Crippen molar-refractivity contribution in [3.05, 3.63) is 33.1 Å². The fourth-order valence-corrected chi connectivity index (χ4v) is 2.86. The van der Waals surface area contributed by atoms with E-state index in [1.54, 1.807) is 0 Å². The molecule has 1 heterocycles. The van der Waals surface area contributed by atoms with Crippen molar-refractivity contribution in [2.45, 2.75) is 13.8 Å². The molecule has 2 rings (SSSR count). The van der Waals surface area contributed by atoms with Gasteiger partial charge in [0.05, 0.1) is 0 Å². The van der Waals surface area contributed by atoms with Gasteiger partial charge in [0.25, 0.3) is 0 Å². The van der Waals surface area contributed by atoms with Crippen LogP contribution >= 0.6 is 0 Å². The molecule has 0 aliphatic rings. The summed E-state index contributed by atoms with van der Waals surface area (Å²) in [5, 5.41) is 2.88. The number of rotatable bonds is 0. The van der Waals surface area contributed by atoms with Gasteiger partial charge in [-0.05, 0) is 0 Å². The van der Waals surface area contributed by atoms with Gasteiger partial charge in [0.1, 0.15) is 0 Å². The van der Waals surface area contributed by atoms with Crippen molar-refractivity contribution < 1.29 is 0 Å². The number of aryl methyl sites for hydroxylation is 2. The average Bonchev–Trinajstić information content (AvgIpc) is 2.36. The van der Waals surface area contributed by atoms with Gasteiger partial charge in [-0.1, -0.05) is 0 Å². The van der Waals surface area contributed by atoms with Crippen LogP contribution in [0.2, 0.25) is 0 Å². The van der Waals surface area contributed by atoms with Crippen LogP contribution in [0.25, 0.3) is 10.8 Å². The third-order valence-corrected chi connectivity index (χ3v) is 3.73. The van der Waals surface area contributed by atoms with Gasteiger partial charge in [0, 0.05) is 0 Å². The number of hydrogen-bond acceptors (Lipinski definition) is 0. The Balaban J connectivity index is 2.86. The molecule has 1 aromatic carbocycles. The van der Waals surface area contributed by atoms with Gasteiger partial charge >= 0.3 is 72.3 Å². The predicted octanol–water partition coefficient (Wildman–Crippen LogP) is 2.51. The van der Waals surface area contributed by atoms with Crippen LogP contribution in [0.15, 0.2) is 22.0 Å². The van der Waals surface area contributed by atoms with Gasteiger partial charge in [0.2, 0.25) is 0 Å². The Labute approximate surface area is 72.6 Å². The Kier molecular flexibility index (Phi) is 1.63. The van der Waals surface area contributed by atoms with E-state index in [0.717, 1.165) is 0 Å². The molecule has 11 heavy (non-hydrogen) atoms. The van der Waals surface area contributed by atoms with Crippen molar-refractivity contribution in [1.82, 2.24) is 0 Å². The molecule has 0 atom stereocenters. The molecule has 0 unspecified atom stereocenters. The zero-order chi connectivity index (χ0) is 7.84. The number of fused-ring (bicyclic) bond motifs is 1. The molecule has 0 radical (unpaired) electrons. The second-order valence-corrected chi connectivity index (χ2v) is 4.50. The molecule has 0 N–H and O–H groups in total. The quantitative estimate of drug-likeness (QED) is 0.585. The van der Waals surface area contributed by atoms with E-state index >= 15 is 0 Å². The van der Waals surface area contributed by atoms with E-state index in [0.29, 0.717) is 14.5 Å². The summed E-state index contributed by atoms with van der Waals surface area (Å²) < 4.78 is 0. The van der Waals surface area contributed by atoms with Gasteiger partial charge in [-0.25, -0.2) is 0 Å². The van der Waals surface area contributed by atoms with Gasteiger partial charge in [0.15, 0.2) is 0 Å². The molecule has 0 fully saturated rings. The van der Waals surface area contributed by atoms with Crippen LogP contribution in [0.1, 0.15) is 11.1 Å². The minimum absolute atomic E-state index is 0.614. The van der Waals surface area contributed by atoms with Crippen LogP contribution in [-0.4, -0.2) is 14.5 Å². The third kappa shape index (κ3) is 1.15. The van der Waals surface area contributed by atoms with E-state index in [1.807, 2.05) is 0 Å². The standard InChI is InChI=1S/C10H10Se/c1-7-3-9-5-11-6-10(9)4-8(7)2/h3-6H,1-2H3. The third-order valence-electron chi connectivity index (χ3n) is 2.09. The van der Waals surface area contributed by atoms with Crippen molar-refractivity contribution in [1.29, 1.82) is 0 Å². The number of hydrogen-bond donors (Lipinski definition) is 0. The summed E-state index contributed by atoms with van der Waals surface area (Å²) in [6.45, 7) is 4.35. The maximum absolute atomic E-state index is 2.34. The molecule has 56 valence electrons.